The van der Waals surface area contributed by atoms with Gasteiger partial charge in [0.15, 0.2) is 0 Å². The fourth-order valence-corrected chi connectivity index (χ4v) is 2.06. The van der Waals surface area contributed by atoms with Crippen LogP contribution in [0.2, 0.25) is 0 Å². The number of carbonyl (C=O) groups excluding carboxylic acids is 1. The lowest BCUT2D eigenvalue weighted by Gasteiger charge is -2.38. The van der Waals surface area contributed by atoms with Crippen molar-refractivity contribution in [3.63, 3.8) is 0 Å². The summed E-state index contributed by atoms with van der Waals surface area (Å²) in [5, 5.41) is 9.07. The Morgan fingerprint density at radius 1 is 1.59 bits per heavy atom. The van der Waals surface area contributed by atoms with Crippen molar-refractivity contribution in [1.82, 2.24) is 4.90 Å². The maximum Gasteiger partial charge on any atom is 0.239 e. The molecule has 0 spiro atoms. The van der Waals surface area contributed by atoms with Gasteiger partial charge in [0, 0.05) is 6.54 Å². The topological polar surface area (TPSA) is 75.8 Å². The average molecular weight is 244 g/mol. The molecular formula is C12H24N2O3. The van der Waals surface area contributed by atoms with E-state index in [1.165, 1.54) is 0 Å². The largest absolute Gasteiger partial charge is 0.394 e. The van der Waals surface area contributed by atoms with Gasteiger partial charge in [0.1, 0.15) is 0 Å². The van der Waals surface area contributed by atoms with Crippen molar-refractivity contribution < 1.29 is 14.6 Å². The van der Waals surface area contributed by atoms with Gasteiger partial charge in [-0.1, -0.05) is 13.8 Å². The fourth-order valence-electron chi connectivity index (χ4n) is 2.06. The van der Waals surface area contributed by atoms with E-state index in [-0.39, 0.29) is 24.7 Å². The van der Waals surface area contributed by atoms with Crippen molar-refractivity contribution in [2.75, 3.05) is 19.8 Å². The zero-order chi connectivity index (χ0) is 13.0. The highest BCUT2D eigenvalue weighted by Gasteiger charge is 2.31. The van der Waals surface area contributed by atoms with E-state index < -0.39 is 6.04 Å². The summed E-state index contributed by atoms with van der Waals surface area (Å²) in [7, 11) is 0. The lowest BCUT2D eigenvalue weighted by Crippen LogP contribution is -2.56. The fraction of sp³-hybridized carbons (Fsp3) is 0.917. The minimum Gasteiger partial charge on any atom is -0.394 e. The summed E-state index contributed by atoms with van der Waals surface area (Å²) >= 11 is 0. The molecule has 0 aromatic carbocycles. The lowest BCUT2D eigenvalue weighted by atomic mass is 10.0. The van der Waals surface area contributed by atoms with E-state index in [0.717, 1.165) is 0 Å². The first-order valence-electron chi connectivity index (χ1n) is 6.24. The van der Waals surface area contributed by atoms with Crippen LogP contribution in [0.25, 0.3) is 0 Å². The van der Waals surface area contributed by atoms with Crippen LogP contribution in [0.1, 0.15) is 27.2 Å². The average Bonchev–Trinajstić information content (AvgIpc) is 2.28. The van der Waals surface area contributed by atoms with Crippen molar-refractivity contribution in [3.05, 3.63) is 0 Å². The summed E-state index contributed by atoms with van der Waals surface area (Å²) in [6.45, 7) is 6.87. The molecule has 1 saturated heterocycles. The zero-order valence-corrected chi connectivity index (χ0v) is 10.9. The molecule has 1 amide bonds. The van der Waals surface area contributed by atoms with Gasteiger partial charge in [-0.2, -0.15) is 0 Å². The second kappa shape index (κ2) is 6.33. The Hall–Kier alpha value is -0.650. The molecule has 1 rings (SSSR count). The van der Waals surface area contributed by atoms with Crippen LogP contribution in [0.3, 0.4) is 0 Å². The van der Waals surface area contributed by atoms with E-state index in [2.05, 4.69) is 0 Å². The smallest absolute Gasteiger partial charge is 0.239 e. The molecule has 3 unspecified atom stereocenters. The van der Waals surface area contributed by atoms with Crippen molar-refractivity contribution in [2.45, 2.75) is 45.4 Å². The number of hydrogen-bond donors (Lipinski definition) is 2. The lowest BCUT2D eigenvalue weighted by molar-refractivity contribution is -0.147. The predicted octanol–water partition coefficient (Wildman–Crippen LogP) is -0.0320. The first kappa shape index (κ1) is 14.4. The third kappa shape index (κ3) is 3.94. The number of morpholine rings is 1. The Morgan fingerprint density at radius 2 is 2.24 bits per heavy atom. The van der Waals surface area contributed by atoms with Crippen LogP contribution < -0.4 is 5.73 Å². The maximum absolute atomic E-state index is 12.2. The molecule has 0 bridgehead atoms. The van der Waals surface area contributed by atoms with E-state index >= 15 is 0 Å². The molecule has 5 nitrogen and oxygen atoms in total. The molecule has 1 aliphatic heterocycles. The van der Waals surface area contributed by atoms with Gasteiger partial charge in [-0.25, -0.2) is 0 Å². The molecule has 17 heavy (non-hydrogen) atoms. The van der Waals surface area contributed by atoms with Crippen molar-refractivity contribution in [3.8, 4) is 0 Å². The summed E-state index contributed by atoms with van der Waals surface area (Å²) in [6, 6.07) is -0.418. The van der Waals surface area contributed by atoms with Crippen molar-refractivity contribution in [1.29, 1.82) is 0 Å². The summed E-state index contributed by atoms with van der Waals surface area (Å²) in [4.78, 5) is 13.9. The second-order valence-electron chi connectivity index (χ2n) is 5.21. The van der Waals surface area contributed by atoms with Gasteiger partial charge in [0.05, 0.1) is 31.4 Å². The molecule has 0 aliphatic carbocycles. The SMILES string of the molecule is CC(C)CC(N)C(=O)N1CC(CO)OCC1C. The van der Waals surface area contributed by atoms with Crippen LogP contribution in [-0.4, -0.2) is 53.9 Å². The van der Waals surface area contributed by atoms with Crippen LogP contribution in [0.15, 0.2) is 0 Å². The molecule has 1 heterocycles. The highest BCUT2D eigenvalue weighted by Crippen LogP contribution is 2.14. The summed E-state index contributed by atoms with van der Waals surface area (Å²) in [6.07, 6.45) is 0.411. The first-order chi connectivity index (χ1) is 7.95. The van der Waals surface area contributed by atoms with Crippen molar-refractivity contribution in [2.24, 2.45) is 11.7 Å². The minimum atomic E-state index is -0.449. The molecule has 1 fully saturated rings. The van der Waals surface area contributed by atoms with Gasteiger partial charge in [0.25, 0.3) is 0 Å². The normalized spacial score (nSPS) is 27.3. The van der Waals surface area contributed by atoms with E-state index in [9.17, 15) is 4.79 Å². The first-order valence-corrected chi connectivity index (χ1v) is 6.24. The van der Waals surface area contributed by atoms with Gasteiger partial charge in [-0.05, 0) is 19.3 Å². The molecule has 0 aromatic rings. The summed E-state index contributed by atoms with van der Waals surface area (Å²) < 4.78 is 5.40. The van der Waals surface area contributed by atoms with Gasteiger partial charge >= 0.3 is 0 Å². The second-order valence-corrected chi connectivity index (χ2v) is 5.21. The van der Waals surface area contributed by atoms with Crippen LogP contribution >= 0.6 is 0 Å². The van der Waals surface area contributed by atoms with Crippen molar-refractivity contribution >= 4 is 5.91 Å². The molecule has 3 N–H and O–H groups in total. The molecule has 0 radical (unpaired) electrons. The number of carbonyl (C=O) groups is 1. The summed E-state index contributed by atoms with van der Waals surface area (Å²) in [5.74, 6) is 0.367. The van der Waals surface area contributed by atoms with E-state index in [0.29, 0.717) is 25.5 Å². The highest BCUT2D eigenvalue weighted by atomic mass is 16.5. The van der Waals surface area contributed by atoms with Crippen LogP contribution in [0.4, 0.5) is 0 Å². The van der Waals surface area contributed by atoms with Gasteiger partial charge < -0.3 is 20.5 Å². The molecule has 0 saturated carbocycles. The third-order valence-electron chi connectivity index (χ3n) is 3.03. The van der Waals surface area contributed by atoms with E-state index in [4.69, 9.17) is 15.6 Å². The number of aliphatic hydroxyl groups excluding tert-OH is 1. The van der Waals surface area contributed by atoms with Crippen LogP contribution in [0, 0.1) is 5.92 Å². The number of amides is 1. The maximum atomic E-state index is 12.2. The molecule has 100 valence electrons. The Morgan fingerprint density at radius 3 is 2.76 bits per heavy atom. The number of ether oxygens (including phenoxy) is 1. The molecule has 0 aromatic heterocycles. The Labute approximate surface area is 103 Å². The molecular weight excluding hydrogens is 220 g/mol. The molecule has 5 heteroatoms. The summed E-state index contributed by atoms with van der Waals surface area (Å²) in [5.41, 5.74) is 5.90. The van der Waals surface area contributed by atoms with Gasteiger partial charge in [-0.15, -0.1) is 0 Å². The predicted molar refractivity (Wildman–Crippen MR) is 65.4 cm³/mol. The zero-order valence-electron chi connectivity index (χ0n) is 10.9. The number of hydrogen-bond acceptors (Lipinski definition) is 4. The Kier molecular flexibility index (Phi) is 5.36. The monoisotopic (exact) mass is 244 g/mol. The number of nitrogens with two attached hydrogens (primary N) is 1. The minimum absolute atomic E-state index is 0.0310. The number of rotatable bonds is 4. The molecule has 3 atom stereocenters. The van der Waals surface area contributed by atoms with E-state index in [1.807, 2.05) is 20.8 Å². The van der Waals surface area contributed by atoms with Gasteiger partial charge in [0.2, 0.25) is 5.91 Å². The number of aliphatic hydroxyl groups is 1. The van der Waals surface area contributed by atoms with Gasteiger partial charge in [-0.3, -0.25) is 4.79 Å². The Bertz CT molecular complexity index is 258. The Balaban J connectivity index is 2.59. The quantitative estimate of drug-likeness (QED) is 0.728. The van der Waals surface area contributed by atoms with Crippen LogP contribution in [0.5, 0.6) is 0 Å². The standard InChI is InChI=1S/C12H24N2O3/c1-8(2)4-11(13)12(16)14-5-10(6-15)17-7-9(14)3/h8-11,15H,4-7,13H2,1-3H3. The third-order valence-corrected chi connectivity index (χ3v) is 3.03. The molecule has 1 aliphatic rings. The van der Waals surface area contributed by atoms with E-state index in [1.54, 1.807) is 4.90 Å². The number of nitrogens with zero attached hydrogens (tertiary/aromatic N) is 1. The highest BCUT2D eigenvalue weighted by molar-refractivity contribution is 5.82. The van der Waals surface area contributed by atoms with Crippen LogP contribution in [-0.2, 0) is 9.53 Å².